The predicted octanol–water partition coefficient (Wildman–Crippen LogP) is 3.91. The van der Waals surface area contributed by atoms with E-state index in [1.165, 1.54) is 0 Å². The lowest BCUT2D eigenvalue weighted by molar-refractivity contribution is -0.141. The lowest BCUT2D eigenvalue weighted by Crippen LogP contribution is -2.27. The van der Waals surface area contributed by atoms with Gasteiger partial charge in [0.2, 0.25) is 0 Å². The number of pyridine rings is 1. The van der Waals surface area contributed by atoms with Gasteiger partial charge < -0.3 is 4.74 Å². The molecule has 0 spiro atoms. The molecule has 11 heteroatoms. The van der Waals surface area contributed by atoms with Gasteiger partial charge in [-0.05, 0) is 17.9 Å². The van der Waals surface area contributed by atoms with Crippen molar-refractivity contribution in [2.75, 3.05) is 7.11 Å². The first-order valence-corrected chi connectivity index (χ1v) is 8.02. The fourth-order valence-corrected chi connectivity index (χ4v) is 2.70. The molecule has 2 heterocycles. The fraction of sp³-hybridized carbons (Fsp3) is 0.412. The van der Waals surface area contributed by atoms with Crippen molar-refractivity contribution in [1.29, 1.82) is 0 Å². The van der Waals surface area contributed by atoms with Crippen molar-refractivity contribution in [2.45, 2.75) is 32.9 Å². The van der Waals surface area contributed by atoms with E-state index in [0.29, 0.717) is 0 Å². The van der Waals surface area contributed by atoms with Crippen LogP contribution in [-0.4, -0.2) is 33.5 Å². The summed E-state index contributed by atoms with van der Waals surface area (Å²) >= 11 is 0. The molecule has 0 aromatic carbocycles. The zero-order chi connectivity index (χ0) is 21.2. The summed E-state index contributed by atoms with van der Waals surface area (Å²) in [6.07, 6.45) is -5.74. The second-order valence-electron chi connectivity index (χ2n) is 6.24. The highest BCUT2D eigenvalue weighted by molar-refractivity contribution is 6.02. The van der Waals surface area contributed by atoms with Crippen LogP contribution in [0, 0.1) is 5.92 Å². The summed E-state index contributed by atoms with van der Waals surface area (Å²) in [5.41, 5.74) is -5.47. The van der Waals surface area contributed by atoms with Crippen LogP contribution in [0.3, 0.4) is 0 Å². The Morgan fingerprint density at radius 1 is 1.21 bits per heavy atom. The van der Waals surface area contributed by atoms with Crippen molar-refractivity contribution in [2.24, 2.45) is 5.92 Å². The van der Waals surface area contributed by atoms with Crippen molar-refractivity contribution in [3.8, 4) is 0 Å². The molecule has 0 amide bonds. The van der Waals surface area contributed by atoms with Crippen LogP contribution in [0.5, 0.6) is 0 Å². The van der Waals surface area contributed by atoms with Crippen molar-refractivity contribution in [3.63, 3.8) is 0 Å². The quantitative estimate of drug-likeness (QED) is 0.557. The number of carbonyl (C=O) groups excluding carboxylic acids is 2. The van der Waals surface area contributed by atoms with E-state index in [4.69, 9.17) is 0 Å². The molecule has 0 unspecified atom stereocenters. The molecule has 0 bridgehead atoms. The number of rotatable bonds is 5. The number of aromatic nitrogens is 3. The zero-order valence-corrected chi connectivity index (χ0v) is 15.1. The number of hydrogen-bond acceptors (Lipinski definition) is 5. The highest BCUT2D eigenvalue weighted by Crippen LogP contribution is 2.38. The van der Waals surface area contributed by atoms with Gasteiger partial charge >= 0.3 is 12.1 Å². The molecule has 0 atom stereocenters. The van der Waals surface area contributed by atoms with E-state index >= 15 is 0 Å². The lowest BCUT2D eigenvalue weighted by atomic mass is 9.90. The molecule has 0 aliphatic carbocycles. The smallest absolute Gasteiger partial charge is 0.434 e. The predicted molar refractivity (Wildman–Crippen MR) is 86.0 cm³/mol. The Morgan fingerprint density at radius 2 is 1.86 bits per heavy atom. The third-order valence-electron chi connectivity index (χ3n) is 3.76. The van der Waals surface area contributed by atoms with E-state index < -0.39 is 52.6 Å². The van der Waals surface area contributed by atoms with Gasteiger partial charge in [-0.25, -0.2) is 23.5 Å². The molecule has 0 aliphatic rings. The van der Waals surface area contributed by atoms with Gasteiger partial charge in [0.25, 0.3) is 12.3 Å². The number of methoxy groups -OCH3 is 1. The average molecular weight is 405 g/mol. The average Bonchev–Trinajstić information content (AvgIpc) is 3.12. The maximum atomic E-state index is 13.6. The Labute approximate surface area is 156 Å². The summed E-state index contributed by atoms with van der Waals surface area (Å²) in [6.45, 7) is 3.20. The number of esters is 1. The normalized spacial score (nSPS) is 11.9. The number of nitrogens with zero attached hydrogens (tertiary/aromatic N) is 3. The number of halogens is 5. The Balaban J connectivity index is 3.00. The molecule has 2 aromatic heterocycles. The van der Waals surface area contributed by atoms with Gasteiger partial charge in [0.05, 0.1) is 18.2 Å². The van der Waals surface area contributed by atoms with E-state index in [1.807, 2.05) is 0 Å². The molecule has 0 aliphatic heterocycles. The van der Waals surface area contributed by atoms with Crippen molar-refractivity contribution >= 4 is 11.9 Å². The minimum atomic E-state index is -5.21. The summed E-state index contributed by atoms with van der Waals surface area (Å²) in [5, 5.41) is 0. The Kier molecular flexibility index (Phi) is 6.15. The molecule has 2 rings (SSSR count). The zero-order valence-electron chi connectivity index (χ0n) is 15.1. The molecule has 6 nitrogen and oxygen atoms in total. The van der Waals surface area contributed by atoms with E-state index in [-0.39, 0.29) is 12.3 Å². The summed E-state index contributed by atoms with van der Waals surface area (Å²) in [7, 11) is 0.895. The molecular formula is C17H16F5N3O3. The van der Waals surface area contributed by atoms with Crippen LogP contribution in [0.4, 0.5) is 22.0 Å². The van der Waals surface area contributed by atoms with Crippen LogP contribution in [0.1, 0.15) is 57.9 Å². The van der Waals surface area contributed by atoms with Crippen LogP contribution in [0.2, 0.25) is 0 Å². The van der Waals surface area contributed by atoms with Gasteiger partial charge in [0.1, 0.15) is 12.0 Å². The van der Waals surface area contributed by atoms with Crippen LogP contribution in [0.15, 0.2) is 18.7 Å². The molecule has 0 N–H and O–H groups in total. The van der Waals surface area contributed by atoms with Crippen LogP contribution in [-0.2, 0) is 17.3 Å². The third-order valence-corrected chi connectivity index (χ3v) is 3.76. The first kappa shape index (κ1) is 21.5. The van der Waals surface area contributed by atoms with Crippen molar-refractivity contribution in [1.82, 2.24) is 14.5 Å². The third kappa shape index (κ3) is 4.18. The van der Waals surface area contributed by atoms with E-state index in [0.717, 1.165) is 30.4 Å². The van der Waals surface area contributed by atoms with Gasteiger partial charge in [-0.3, -0.25) is 9.36 Å². The second-order valence-corrected chi connectivity index (χ2v) is 6.24. The Morgan fingerprint density at radius 3 is 2.29 bits per heavy atom. The Hall–Kier alpha value is -2.85. The maximum absolute atomic E-state index is 13.6. The topological polar surface area (TPSA) is 74.1 Å². The van der Waals surface area contributed by atoms with Crippen LogP contribution in [0.25, 0.3) is 0 Å². The van der Waals surface area contributed by atoms with Crippen molar-refractivity contribution in [3.05, 3.63) is 46.8 Å². The highest BCUT2D eigenvalue weighted by atomic mass is 19.4. The first-order valence-electron chi connectivity index (χ1n) is 8.02. The Bertz CT molecular complexity index is 877. The maximum Gasteiger partial charge on any atom is 0.434 e. The lowest BCUT2D eigenvalue weighted by Gasteiger charge is -2.21. The van der Waals surface area contributed by atoms with Gasteiger partial charge in [0.15, 0.2) is 5.69 Å². The fourth-order valence-electron chi connectivity index (χ4n) is 2.70. The summed E-state index contributed by atoms with van der Waals surface area (Å²) < 4.78 is 73.1. The molecule has 28 heavy (non-hydrogen) atoms. The molecule has 0 fully saturated rings. The van der Waals surface area contributed by atoms with E-state index in [1.54, 1.807) is 13.8 Å². The number of imidazole rings is 1. The number of alkyl halides is 5. The summed E-state index contributed by atoms with van der Waals surface area (Å²) in [5.74, 6) is -2.86. The monoisotopic (exact) mass is 405 g/mol. The number of carbonyl (C=O) groups is 2. The summed E-state index contributed by atoms with van der Waals surface area (Å²) in [4.78, 5) is 31.5. The highest BCUT2D eigenvalue weighted by Gasteiger charge is 2.43. The standard InChI is InChI=1S/C17H16F5N3O3/c1-8(2)6-9-10(16(27)28-3)12(14(18)19)24-13(17(20,21)22)11(9)15(26)25-5-4-23-7-25/h4-5,7-8,14H,6H2,1-3H3. The van der Waals surface area contributed by atoms with Gasteiger partial charge in [0, 0.05) is 12.4 Å². The molecular weight excluding hydrogens is 389 g/mol. The largest absolute Gasteiger partial charge is 0.465 e. The first-order chi connectivity index (χ1) is 13.0. The van der Waals surface area contributed by atoms with Gasteiger partial charge in [-0.2, -0.15) is 13.2 Å². The van der Waals surface area contributed by atoms with Crippen molar-refractivity contribution < 1.29 is 36.3 Å². The van der Waals surface area contributed by atoms with E-state index in [9.17, 15) is 31.5 Å². The molecule has 0 saturated carbocycles. The van der Waals surface area contributed by atoms with Crippen LogP contribution >= 0.6 is 0 Å². The molecule has 2 aromatic rings. The van der Waals surface area contributed by atoms with E-state index in [2.05, 4.69) is 14.7 Å². The number of hydrogen-bond donors (Lipinski definition) is 0. The van der Waals surface area contributed by atoms with Crippen LogP contribution < -0.4 is 0 Å². The molecule has 0 radical (unpaired) electrons. The second kappa shape index (κ2) is 8.03. The summed E-state index contributed by atoms with van der Waals surface area (Å²) in [6, 6.07) is 0. The molecule has 152 valence electrons. The van der Waals surface area contributed by atoms with Gasteiger partial charge in [-0.15, -0.1) is 0 Å². The minimum absolute atomic E-state index is 0.258. The molecule has 0 saturated heterocycles. The minimum Gasteiger partial charge on any atom is -0.465 e. The SMILES string of the molecule is COC(=O)c1c(C(F)F)nc(C(F)(F)F)c(C(=O)n2ccnc2)c1CC(C)C. The van der Waals surface area contributed by atoms with Gasteiger partial charge in [-0.1, -0.05) is 13.8 Å². The number of ether oxygens (including phenoxy) is 1.